The number of fused-ring (bicyclic) bond motifs is 2. The predicted molar refractivity (Wildman–Crippen MR) is 125 cm³/mol. The van der Waals surface area contributed by atoms with Crippen LogP contribution in [0.25, 0.3) is 0 Å². The monoisotopic (exact) mass is 457 g/mol. The van der Waals surface area contributed by atoms with Crippen molar-refractivity contribution < 1.29 is 14.0 Å². The Bertz CT molecular complexity index is 1270. The molecule has 1 aliphatic carbocycles. The van der Waals surface area contributed by atoms with Crippen LogP contribution in [0.2, 0.25) is 0 Å². The molecule has 1 N–H and O–H groups in total. The number of halogens is 1. The number of allylic oxidation sites excluding steroid dienone is 2. The molecule has 0 unspecified atom stereocenters. The van der Waals surface area contributed by atoms with Crippen molar-refractivity contribution in [1.29, 1.82) is 0 Å². The van der Waals surface area contributed by atoms with Crippen LogP contribution < -0.4 is 10.2 Å². The molecule has 34 heavy (non-hydrogen) atoms. The van der Waals surface area contributed by atoms with E-state index >= 15 is 0 Å². The van der Waals surface area contributed by atoms with Gasteiger partial charge in [-0.1, -0.05) is 54.1 Å². The number of aryl methyl sites for hydroxylation is 1. The van der Waals surface area contributed by atoms with Crippen LogP contribution in [0.5, 0.6) is 0 Å². The lowest BCUT2D eigenvalue weighted by Crippen LogP contribution is -2.32. The summed E-state index contributed by atoms with van der Waals surface area (Å²) in [7, 11) is 0. The zero-order chi connectivity index (χ0) is 23.4. The Morgan fingerprint density at radius 3 is 2.18 bits per heavy atom. The molecule has 3 aromatic rings. The number of nitrogens with one attached hydrogen (secondary N) is 1. The third-order valence-electron chi connectivity index (χ3n) is 7.12. The number of benzene rings is 2. The minimum absolute atomic E-state index is 0.0584. The molecule has 4 atom stereocenters. The van der Waals surface area contributed by atoms with Crippen LogP contribution in [-0.2, 0) is 9.59 Å². The van der Waals surface area contributed by atoms with Gasteiger partial charge in [-0.3, -0.25) is 9.59 Å². The van der Waals surface area contributed by atoms with Crippen molar-refractivity contribution in [2.45, 2.75) is 38.3 Å². The van der Waals surface area contributed by atoms with Crippen molar-refractivity contribution in [1.82, 2.24) is 14.8 Å². The standard InChI is InChI=1S/C26H24FN5O2/c1-15-6-8-16(9-7-15)21-14-22(17-10-12-18(27)13-11-17)32-25(28-21)29-26(30-32)31-23(33)19-4-2-3-5-20(19)24(31)34/h2-3,6-13,19-22H,4-5,14H2,1H3,(H,28,29,30)/t19-,20-,21+,22+/m0/s1. The number of nitrogens with zero attached hydrogens (tertiary/aromatic N) is 4. The van der Waals surface area contributed by atoms with Gasteiger partial charge in [0, 0.05) is 0 Å². The first kappa shape index (κ1) is 20.8. The van der Waals surface area contributed by atoms with Gasteiger partial charge < -0.3 is 5.32 Å². The third kappa shape index (κ3) is 3.32. The normalized spacial score (nSPS) is 25.8. The van der Waals surface area contributed by atoms with Crippen molar-refractivity contribution in [3.8, 4) is 0 Å². The summed E-state index contributed by atoms with van der Waals surface area (Å²) >= 11 is 0. The molecule has 172 valence electrons. The topological polar surface area (TPSA) is 80.1 Å². The lowest BCUT2D eigenvalue weighted by atomic mass is 9.85. The largest absolute Gasteiger partial charge is 0.347 e. The number of amides is 2. The number of hydrogen-bond donors (Lipinski definition) is 1. The molecule has 1 aromatic heterocycles. The van der Waals surface area contributed by atoms with Gasteiger partial charge in [0.05, 0.1) is 23.9 Å². The number of carbonyl (C=O) groups is 2. The Morgan fingerprint density at radius 1 is 0.912 bits per heavy atom. The maximum absolute atomic E-state index is 13.6. The number of rotatable bonds is 3. The first-order chi connectivity index (χ1) is 16.5. The van der Waals surface area contributed by atoms with Crippen molar-refractivity contribution in [3.05, 3.63) is 83.2 Å². The lowest BCUT2D eigenvalue weighted by Gasteiger charge is -2.31. The molecule has 2 aromatic carbocycles. The van der Waals surface area contributed by atoms with E-state index in [0.717, 1.165) is 16.0 Å². The van der Waals surface area contributed by atoms with E-state index in [-0.39, 0.29) is 47.5 Å². The first-order valence-corrected chi connectivity index (χ1v) is 11.6. The maximum Gasteiger partial charge on any atom is 0.260 e. The molecule has 0 saturated carbocycles. The Balaban J connectivity index is 1.40. The molecule has 7 nitrogen and oxygen atoms in total. The third-order valence-corrected chi connectivity index (χ3v) is 7.12. The minimum Gasteiger partial charge on any atom is -0.347 e. The van der Waals surface area contributed by atoms with Crippen LogP contribution in [0.4, 0.5) is 16.3 Å². The molecule has 1 fully saturated rings. The first-order valence-electron chi connectivity index (χ1n) is 11.6. The second-order valence-corrected chi connectivity index (χ2v) is 9.26. The van der Waals surface area contributed by atoms with Gasteiger partial charge in [-0.15, -0.1) is 5.10 Å². The molecule has 1 saturated heterocycles. The van der Waals surface area contributed by atoms with E-state index in [1.165, 1.54) is 17.7 Å². The van der Waals surface area contributed by atoms with Crippen LogP contribution in [0.1, 0.15) is 48.0 Å². The smallest absolute Gasteiger partial charge is 0.260 e. The highest BCUT2D eigenvalue weighted by Crippen LogP contribution is 2.41. The van der Waals surface area contributed by atoms with E-state index < -0.39 is 0 Å². The molecule has 0 spiro atoms. The van der Waals surface area contributed by atoms with E-state index in [1.807, 2.05) is 19.1 Å². The highest BCUT2D eigenvalue weighted by Gasteiger charge is 2.49. The summed E-state index contributed by atoms with van der Waals surface area (Å²) in [6, 6.07) is 14.3. The zero-order valence-corrected chi connectivity index (χ0v) is 18.7. The van der Waals surface area contributed by atoms with Crippen LogP contribution in [0.3, 0.4) is 0 Å². The molecule has 8 heteroatoms. The van der Waals surface area contributed by atoms with Crippen molar-refractivity contribution >= 4 is 23.7 Å². The van der Waals surface area contributed by atoms with Gasteiger partial charge in [-0.05, 0) is 49.4 Å². The average Bonchev–Trinajstić information content (AvgIpc) is 3.38. The zero-order valence-electron chi connectivity index (χ0n) is 18.7. The number of carbonyl (C=O) groups excluding carboxylic acids is 2. The van der Waals surface area contributed by atoms with Crippen molar-refractivity contribution in [2.24, 2.45) is 11.8 Å². The summed E-state index contributed by atoms with van der Waals surface area (Å²) in [6.07, 6.45) is 5.69. The number of aromatic nitrogens is 3. The van der Waals surface area contributed by atoms with Crippen molar-refractivity contribution in [3.63, 3.8) is 0 Å². The highest BCUT2D eigenvalue weighted by atomic mass is 19.1. The fourth-order valence-corrected chi connectivity index (χ4v) is 5.24. The van der Waals surface area contributed by atoms with E-state index in [1.54, 1.807) is 16.8 Å². The van der Waals surface area contributed by atoms with Gasteiger partial charge in [0.25, 0.3) is 5.95 Å². The number of anilines is 2. The van der Waals surface area contributed by atoms with Gasteiger partial charge in [-0.25, -0.2) is 14.0 Å². The molecule has 0 bridgehead atoms. The fourth-order valence-electron chi connectivity index (χ4n) is 5.24. The summed E-state index contributed by atoms with van der Waals surface area (Å²) in [5.41, 5.74) is 3.15. The van der Waals surface area contributed by atoms with E-state index in [9.17, 15) is 14.0 Å². The summed E-state index contributed by atoms with van der Waals surface area (Å²) in [6.45, 7) is 2.04. The van der Waals surface area contributed by atoms with Crippen molar-refractivity contribution in [2.75, 3.05) is 10.2 Å². The molecule has 3 aliphatic rings. The maximum atomic E-state index is 13.6. The van der Waals surface area contributed by atoms with Gasteiger partial charge in [0.2, 0.25) is 17.8 Å². The second-order valence-electron chi connectivity index (χ2n) is 9.26. The molecular formula is C26H24FN5O2. The van der Waals surface area contributed by atoms with Crippen LogP contribution in [0, 0.1) is 24.6 Å². The second kappa shape index (κ2) is 7.90. The molecule has 2 aliphatic heterocycles. The van der Waals surface area contributed by atoms with Crippen LogP contribution in [-0.4, -0.2) is 26.6 Å². The quantitative estimate of drug-likeness (QED) is 0.468. The van der Waals surface area contributed by atoms with E-state index in [2.05, 4.69) is 39.7 Å². The number of imide groups is 1. The summed E-state index contributed by atoms with van der Waals surface area (Å²) in [5.74, 6) is -0.903. The van der Waals surface area contributed by atoms with Crippen LogP contribution >= 0.6 is 0 Å². The molecule has 6 rings (SSSR count). The minimum atomic E-state index is -0.348. The SMILES string of the molecule is Cc1ccc([C@H]2C[C@H](c3ccc(F)cc3)n3nc(N4C(=O)[C@H]5CC=CC[C@@H]5C4=O)nc3N2)cc1. The Hall–Kier alpha value is -3.81. The molecule has 2 amide bonds. The molecular weight excluding hydrogens is 433 g/mol. The lowest BCUT2D eigenvalue weighted by molar-refractivity contribution is -0.122. The Labute approximate surface area is 196 Å². The Kier molecular flexibility index (Phi) is 4.83. The molecule has 3 heterocycles. The predicted octanol–water partition coefficient (Wildman–Crippen LogP) is 4.33. The number of hydrogen-bond acceptors (Lipinski definition) is 5. The summed E-state index contributed by atoms with van der Waals surface area (Å²) < 4.78 is 15.4. The summed E-state index contributed by atoms with van der Waals surface area (Å²) in [5, 5.41) is 8.06. The van der Waals surface area contributed by atoms with E-state index in [0.29, 0.717) is 25.2 Å². The fraction of sp³-hybridized carbons (Fsp3) is 0.308. The van der Waals surface area contributed by atoms with Gasteiger partial charge in [-0.2, -0.15) is 4.98 Å². The highest BCUT2D eigenvalue weighted by molar-refractivity contribution is 6.21. The Morgan fingerprint density at radius 2 is 1.53 bits per heavy atom. The van der Waals surface area contributed by atoms with Gasteiger partial charge in [0.15, 0.2) is 0 Å². The van der Waals surface area contributed by atoms with Gasteiger partial charge in [0.1, 0.15) is 5.82 Å². The van der Waals surface area contributed by atoms with Gasteiger partial charge >= 0.3 is 0 Å². The average molecular weight is 458 g/mol. The summed E-state index contributed by atoms with van der Waals surface area (Å²) in [4.78, 5) is 31.9. The van der Waals surface area contributed by atoms with Crippen LogP contribution in [0.15, 0.2) is 60.7 Å². The van der Waals surface area contributed by atoms with E-state index in [4.69, 9.17) is 0 Å². The molecule has 0 radical (unpaired) electrons.